The Labute approximate surface area is 141 Å². The van der Waals surface area contributed by atoms with Gasteiger partial charge in [-0.05, 0) is 12.5 Å². The number of nitrogens with one attached hydrogen (secondary N) is 1. The molecule has 0 aliphatic rings. The lowest BCUT2D eigenvalue weighted by Gasteiger charge is -2.09. The van der Waals surface area contributed by atoms with Gasteiger partial charge in [0.2, 0.25) is 0 Å². The first-order valence-electron chi connectivity index (χ1n) is 6.24. The van der Waals surface area contributed by atoms with E-state index >= 15 is 0 Å². The smallest absolute Gasteiger partial charge is 0.361 e. The fourth-order valence-electron chi connectivity index (χ4n) is 1.52. The highest BCUT2D eigenvalue weighted by molar-refractivity contribution is 6.37. The van der Waals surface area contributed by atoms with E-state index in [-0.39, 0.29) is 22.4 Å². The van der Waals surface area contributed by atoms with Crippen LogP contribution < -0.4 is 11.1 Å². The van der Waals surface area contributed by atoms with Crippen molar-refractivity contribution in [1.29, 1.82) is 0 Å². The number of esters is 1. The van der Waals surface area contributed by atoms with Crippen LogP contribution in [0.3, 0.4) is 0 Å². The van der Waals surface area contributed by atoms with Crippen molar-refractivity contribution < 1.29 is 14.3 Å². The zero-order chi connectivity index (χ0) is 17.0. The average Bonchev–Trinajstić information content (AvgIpc) is 2.53. The highest BCUT2D eigenvalue weighted by atomic mass is 35.5. The zero-order valence-corrected chi connectivity index (χ0v) is 13.4. The molecule has 0 saturated carbocycles. The summed E-state index contributed by atoms with van der Waals surface area (Å²) in [6.07, 6.45) is 3.97. The molecule has 2 rings (SSSR count). The third-order valence-electron chi connectivity index (χ3n) is 2.71. The fourth-order valence-corrected chi connectivity index (χ4v) is 1.91. The molecule has 1 amide bonds. The summed E-state index contributed by atoms with van der Waals surface area (Å²) >= 11 is 11.9. The molecule has 2 aromatic heterocycles. The second-order valence-electron chi connectivity index (χ2n) is 4.31. The van der Waals surface area contributed by atoms with Crippen LogP contribution in [0.15, 0.2) is 18.6 Å². The molecule has 8 nitrogen and oxygen atoms in total. The molecule has 120 valence electrons. The van der Waals surface area contributed by atoms with Crippen LogP contribution in [0.2, 0.25) is 10.0 Å². The van der Waals surface area contributed by atoms with Crippen molar-refractivity contribution in [3.63, 3.8) is 0 Å². The van der Waals surface area contributed by atoms with Gasteiger partial charge in [-0.15, -0.1) is 0 Å². The van der Waals surface area contributed by atoms with Gasteiger partial charge in [0.25, 0.3) is 5.91 Å². The van der Waals surface area contributed by atoms with Crippen molar-refractivity contribution >= 4 is 46.7 Å². The monoisotopic (exact) mass is 355 g/mol. The van der Waals surface area contributed by atoms with Gasteiger partial charge in [-0.3, -0.25) is 4.79 Å². The van der Waals surface area contributed by atoms with Crippen molar-refractivity contribution in [1.82, 2.24) is 15.0 Å². The molecule has 0 aliphatic carbocycles. The number of carbonyl (C=O) groups excluding carboxylic acids is 2. The summed E-state index contributed by atoms with van der Waals surface area (Å²) in [5.41, 5.74) is 5.89. The number of anilines is 2. The Kier molecular flexibility index (Phi) is 5.30. The average molecular weight is 356 g/mol. The number of nitrogen functional groups attached to an aromatic ring is 1. The molecule has 2 aromatic rings. The van der Waals surface area contributed by atoms with Gasteiger partial charge < -0.3 is 15.8 Å². The number of pyridine rings is 1. The van der Waals surface area contributed by atoms with Crippen molar-refractivity contribution in [2.45, 2.75) is 6.92 Å². The zero-order valence-electron chi connectivity index (χ0n) is 11.8. The van der Waals surface area contributed by atoms with Crippen molar-refractivity contribution in [2.75, 3.05) is 17.7 Å². The van der Waals surface area contributed by atoms with Crippen LogP contribution in [-0.4, -0.2) is 33.4 Å². The van der Waals surface area contributed by atoms with E-state index in [1.165, 1.54) is 18.6 Å². The Morgan fingerprint density at radius 2 is 1.96 bits per heavy atom. The Balaban J connectivity index is 1.97. The third kappa shape index (κ3) is 4.05. The first-order chi connectivity index (χ1) is 10.9. The lowest BCUT2D eigenvalue weighted by molar-refractivity contribution is -0.119. The topological polar surface area (TPSA) is 120 Å². The number of hydrogen-bond donors (Lipinski definition) is 2. The molecule has 0 unspecified atom stereocenters. The Hall–Kier alpha value is -2.45. The molecule has 23 heavy (non-hydrogen) atoms. The molecular formula is C13H11Cl2N5O3. The van der Waals surface area contributed by atoms with E-state index < -0.39 is 18.5 Å². The summed E-state index contributed by atoms with van der Waals surface area (Å²) in [5.74, 6) is -1.46. The van der Waals surface area contributed by atoms with Crippen LogP contribution in [-0.2, 0) is 9.53 Å². The summed E-state index contributed by atoms with van der Waals surface area (Å²) in [5, 5.41) is 2.99. The Bertz CT molecular complexity index is 769. The van der Waals surface area contributed by atoms with Crippen molar-refractivity contribution in [2.24, 2.45) is 0 Å². The molecule has 10 heteroatoms. The van der Waals surface area contributed by atoms with Crippen LogP contribution in [0.25, 0.3) is 0 Å². The number of amides is 1. The minimum atomic E-state index is -0.864. The Morgan fingerprint density at radius 1 is 1.26 bits per heavy atom. The van der Waals surface area contributed by atoms with E-state index in [9.17, 15) is 9.59 Å². The van der Waals surface area contributed by atoms with Crippen LogP contribution in [0.1, 0.15) is 16.1 Å². The van der Waals surface area contributed by atoms with Crippen LogP contribution in [0.5, 0.6) is 0 Å². The molecule has 0 saturated heterocycles. The normalized spacial score (nSPS) is 10.2. The summed E-state index contributed by atoms with van der Waals surface area (Å²) in [7, 11) is 0. The second kappa shape index (κ2) is 7.21. The summed E-state index contributed by atoms with van der Waals surface area (Å²) in [6, 6.07) is 0. The van der Waals surface area contributed by atoms with E-state index in [0.717, 1.165) is 0 Å². The largest absolute Gasteiger partial charge is 0.451 e. The van der Waals surface area contributed by atoms with Gasteiger partial charge >= 0.3 is 5.97 Å². The van der Waals surface area contributed by atoms with Crippen LogP contribution in [0.4, 0.5) is 11.6 Å². The lowest BCUT2D eigenvalue weighted by Crippen LogP contribution is -2.22. The van der Waals surface area contributed by atoms with Gasteiger partial charge in [-0.25, -0.2) is 19.7 Å². The number of ether oxygens (including phenoxy) is 1. The highest BCUT2D eigenvalue weighted by Gasteiger charge is 2.17. The minimum Gasteiger partial charge on any atom is -0.451 e. The molecule has 0 atom stereocenters. The summed E-state index contributed by atoms with van der Waals surface area (Å²) < 4.78 is 4.81. The predicted octanol–water partition coefficient (Wildman–Crippen LogP) is 1.86. The number of nitrogens with zero attached hydrogens (tertiary/aromatic N) is 3. The first-order valence-corrected chi connectivity index (χ1v) is 6.99. The van der Waals surface area contributed by atoms with E-state index in [4.69, 9.17) is 33.7 Å². The quantitative estimate of drug-likeness (QED) is 0.802. The van der Waals surface area contributed by atoms with Crippen LogP contribution >= 0.6 is 23.2 Å². The summed E-state index contributed by atoms with van der Waals surface area (Å²) in [4.78, 5) is 34.9. The van der Waals surface area contributed by atoms with Gasteiger partial charge in [-0.1, -0.05) is 23.2 Å². The maximum absolute atomic E-state index is 11.8. The second-order valence-corrected chi connectivity index (χ2v) is 5.09. The number of aromatic nitrogens is 3. The van der Waals surface area contributed by atoms with Crippen molar-refractivity contribution in [3.05, 3.63) is 39.9 Å². The minimum absolute atomic E-state index is 0.0871. The third-order valence-corrected chi connectivity index (χ3v) is 3.56. The number of halogens is 2. The van der Waals surface area contributed by atoms with Crippen LogP contribution in [0, 0.1) is 6.92 Å². The fraction of sp³-hybridized carbons (Fsp3) is 0.154. The molecule has 0 aromatic carbocycles. The maximum atomic E-state index is 11.8. The molecule has 0 bridgehead atoms. The molecule has 3 N–H and O–H groups in total. The molecule has 0 fully saturated rings. The van der Waals surface area contributed by atoms with Gasteiger partial charge in [0.1, 0.15) is 0 Å². The number of rotatable bonds is 4. The van der Waals surface area contributed by atoms with Gasteiger partial charge in [0.05, 0.1) is 10.0 Å². The SMILES string of the molecule is Cc1c(Cl)cnc(NC(=O)COC(=O)c2nccnc2N)c1Cl. The standard InChI is InChI=1S/C13H11Cl2N5O3/c1-6-7(14)4-19-12(9(6)15)20-8(21)5-23-13(22)10-11(16)18-3-2-17-10/h2-4H,5H2,1H3,(H2,16,18)(H,19,20,21). The molecule has 0 spiro atoms. The van der Waals surface area contributed by atoms with Gasteiger partial charge in [0, 0.05) is 18.6 Å². The molecule has 0 radical (unpaired) electrons. The van der Waals surface area contributed by atoms with E-state index in [0.29, 0.717) is 10.6 Å². The lowest BCUT2D eigenvalue weighted by atomic mass is 10.3. The van der Waals surface area contributed by atoms with E-state index in [1.807, 2.05) is 0 Å². The molecular weight excluding hydrogens is 345 g/mol. The number of carbonyl (C=O) groups is 2. The predicted molar refractivity (Wildman–Crippen MR) is 84.4 cm³/mol. The maximum Gasteiger partial charge on any atom is 0.361 e. The highest BCUT2D eigenvalue weighted by Crippen LogP contribution is 2.28. The summed E-state index contributed by atoms with van der Waals surface area (Å²) in [6.45, 7) is 1.12. The van der Waals surface area contributed by atoms with E-state index in [1.54, 1.807) is 6.92 Å². The van der Waals surface area contributed by atoms with Crippen molar-refractivity contribution in [3.8, 4) is 0 Å². The number of hydrogen-bond acceptors (Lipinski definition) is 7. The molecule has 2 heterocycles. The Morgan fingerprint density at radius 3 is 2.65 bits per heavy atom. The number of nitrogens with two attached hydrogens (primary N) is 1. The first kappa shape index (κ1) is 16.9. The molecule has 0 aliphatic heterocycles. The van der Waals surface area contributed by atoms with E-state index in [2.05, 4.69) is 20.3 Å². The van der Waals surface area contributed by atoms with Gasteiger partial charge in [0.15, 0.2) is 23.9 Å². The van der Waals surface area contributed by atoms with Gasteiger partial charge in [-0.2, -0.15) is 0 Å².